The van der Waals surface area contributed by atoms with Crippen LogP contribution in [0, 0.1) is 0 Å². The molecule has 0 radical (unpaired) electrons. The highest BCUT2D eigenvalue weighted by atomic mass is 32.2. The highest BCUT2D eigenvalue weighted by Crippen LogP contribution is 2.25. The Bertz CT molecular complexity index is 652. The molecule has 0 aliphatic rings. The van der Waals surface area contributed by atoms with E-state index in [9.17, 15) is 13.2 Å². The number of carbonyl (C=O) groups excluding carboxylic acids is 1. The summed E-state index contributed by atoms with van der Waals surface area (Å²) in [6.45, 7) is 13.2. The van der Waals surface area contributed by atoms with Crippen LogP contribution in [0.15, 0.2) is 41.3 Å². The van der Waals surface area contributed by atoms with Crippen LogP contribution >= 0.6 is 0 Å². The number of amides is 1. The van der Waals surface area contributed by atoms with Gasteiger partial charge in [-0.1, -0.05) is 46.4 Å². The predicted octanol–water partition coefficient (Wildman–Crippen LogP) is 3.49. The van der Waals surface area contributed by atoms with Gasteiger partial charge in [-0.05, 0) is 36.5 Å². The van der Waals surface area contributed by atoms with Gasteiger partial charge in [-0.25, -0.2) is 12.7 Å². The van der Waals surface area contributed by atoms with Crippen LogP contribution in [0.3, 0.4) is 0 Å². The highest BCUT2D eigenvalue weighted by molar-refractivity contribution is 7.89. The van der Waals surface area contributed by atoms with Crippen LogP contribution in [-0.2, 0) is 20.2 Å². The first kappa shape index (κ1) is 18.4. The van der Waals surface area contributed by atoms with Crippen molar-refractivity contribution < 1.29 is 13.2 Å². The first-order valence-corrected chi connectivity index (χ1v) is 8.79. The number of rotatable bonds is 5. The lowest BCUT2D eigenvalue weighted by Gasteiger charge is -2.23. The lowest BCUT2D eigenvalue weighted by molar-refractivity contribution is -0.122. The zero-order valence-corrected chi connectivity index (χ0v) is 14.8. The molecule has 4 nitrogen and oxygen atoms in total. The molecular weight excluding hydrogens is 298 g/mol. The van der Waals surface area contributed by atoms with Crippen LogP contribution in [0.4, 0.5) is 0 Å². The molecule has 0 aliphatic heterocycles. The Morgan fingerprint density at radius 1 is 1.18 bits per heavy atom. The summed E-state index contributed by atoms with van der Waals surface area (Å²) in [6.07, 6.45) is 0.554. The topological polar surface area (TPSA) is 54.5 Å². The lowest BCUT2D eigenvalue weighted by Crippen LogP contribution is -2.37. The van der Waals surface area contributed by atoms with Crippen LogP contribution < -0.4 is 0 Å². The van der Waals surface area contributed by atoms with E-state index in [2.05, 4.69) is 27.4 Å². The zero-order valence-electron chi connectivity index (χ0n) is 14.0. The first-order valence-electron chi connectivity index (χ1n) is 7.35. The number of sulfonamides is 1. The third-order valence-electron chi connectivity index (χ3n) is 3.33. The standard InChI is InChI=1S/C17H25NO3S/c1-7-12-18(16(19)13(2)3)22(20,21)15-10-8-14(9-11-15)17(4,5)6/h8-11H,2,7,12H2,1,3-6H3. The number of benzene rings is 1. The van der Waals surface area contributed by atoms with Crippen molar-refractivity contribution >= 4 is 15.9 Å². The second kappa shape index (κ2) is 6.65. The van der Waals surface area contributed by atoms with Gasteiger partial charge in [0.15, 0.2) is 0 Å². The Labute approximate surface area is 133 Å². The second-order valence-corrected chi connectivity index (χ2v) is 8.30. The third-order valence-corrected chi connectivity index (χ3v) is 5.12. The summed E-state index contributed by atoms with van der Waals surface area (Å²) in [5, 5.41) is 0. The maximum Gasteiger partial charge on any atom is 0.266 e. The summed E-state index contributed by atoms with van der Waals surface area (Å²) < 4.78 is 26.3. The number of carbonyl (C=O) groups is 1. The molecule has 0 N–H and O–H groups in total. The van der Waals surface area contributed by atoms with Gasteiger partial charge in [0.1, 0.15) is 0 Å². The molecule has 5 heteroatoms. The van der Waals surface area contributed by atoms with Crippen molar-refractivity contribution in [3.63, 3.8) is 0 Å². The fourth-order valence-corrected chi connectivity index (χ4v) is 3.53. The molecule has 1 aromatic rings. The molecular formula is C17H25NO3S. The molecule has 0 saturated heterocycles. The largest absolute Gasteiger partial charge is 0.268 e. The Hall–Kier alpha value is -1.62. The van der Waals surface area contributed by atoms with E-state index in [-0.39, 0.29) is 22.4 Å². The van der Waals surface area contributed by atoms with E-state index >= 15 is 0 Å². The molecule has 0 spiro atoms. The average Bonchev–Trinajstić information content (AvgIpc) is 2.43. The van der Waals surface area contributed by atoms with Crippen molar-refractivity contribution in [1.82, 2.24) is 4.31 Å². The number of hydrogen-bond acceptors (Lipinski definition) is 3. The van der Waals surface area contributed by atoms with Gasteiger partial charge in [-0.3, -0.25) is 4.79 Å². The van der Waals surface area contributed by atoms with E-state index in [0.717, 1.165) is 9.87 Å². The van der Waals surface area contributed by atoms with E-state index < -0.39 is 15.9 Å². The molecule has 0 fully saturated rings. The summed E-state index contributed by atoms with van der Waals surface area (Å²) in [5.74, 6) is -0.554. The molecule has 0 aliphatic carbocycles. The normalized spacial score (nSPS) is 12.0. The minimum atomic E-state index is -3.85. The van der Waals surface area contributed by atoms with E-state index in [1.54, 1.807) is 24.3 Å². The van der Waals surface area contributed by atoms with E-state index in [1.165, 1.54) is 6.92 Å². The fourth-order valence-electron chi connectivity index (χ4n) is 2.00. The summed E-state index contributed by atoms with van der Waals surface area (Å²) >= 11 is 0. The Kier molecular flexibility index (Phi) is 5.57. The second-order valence-electron chi connectivity index (χ2n) is 6.44. The van der Waals surface area contributed by atoms with Gasteiger partial charge in [-0.2, -0.15) is 0 Å². The van der Waals surface area contributed by atoms with Crippen LogP contribution in [0.2, 0.25) is 0 Å². The van der Waals surface area contributed by atoms with Crippen molar-refractivity contribution in [3.05, 3.63) is 42.0 Å². The quantitative estimate of drug-likeness (QED) is 0.779. The van der Waals surface area contributed by atoms with Gasteiger partial charge in [0.05, 0.1) is 4.90 Å². The Morgan fingerprint density at radius 3 is 2.05 bits per heavy atom. The molecule has 0 aromatic heterocycles. The summed E-state index contributed by atoms with van der Waals surface area (Å²) in [5.41, 5.74) is 1.20. The molecule has 1 rings (SSSR count). The van der Waals surface area contributed by atoms with Crippen molar-refractivity contribution in [1.29, 1.82) is 0 Å². The molecule has 0 bridgehead atoms. The van der Waals surface area contributed by atoms with Crippen molar-refractivity contribution in [2.24, 2.45) is 0 Å². The highest BCUT2D eigenvalue weighted by Gasteiger charge is 2.29. The van der Waals surface area contributed by atoms with Crippen LogP contribution in [-0.4, -0.2) is 25.2 Å². The van der Waals surface area contributed by atoms with Gasteiger partial charge in [0, 0.05) is 12.1 Å². The third kappa shape index (κ3) is 3.97. The zero-order chi connectivity index (χ0) is 17.1. The molecule has 1 amide bonds. The van der Waals surface area contributed by atoms with Crippen LogP contribution in [0.1, 0.15) is 46.6 Å². The van der Waals surface area contributed by atoms with Crippen LogP contribution in [0.25, 0.3) is 0 Å². The van der Waals surface area contributed by atoms with Gasteiger partial charge in [0.25, 0.3) is 15.9 Å². The average molecular weight is 323 g/mol. The molecule has 0 unspecified atom stereocenters. The summed E-state index contributed by atoms with van der Waals surface area (Å²) in [7, 11) is -3.85. The van der Waals surface area contributed by atoms with Gasteiger partial charge in [0.2, 0.25) is 0 Å². The van der Waals surface area contributed by atoms with E-state index in [1.807, 2.05) is 6.92 Å². The van der Waals surface area contributed by atoms with Gasteiger partial charge >= 0.3 is 0 Å². The number of nitrogens with zero attached hydrogens (tertiary/aromatic N) is 1. The summed E-state index contributed by atoms with van der Waals surface area (Å²) in [4.78, 5) is 12.3. The summed E-state index contributed by atoms with van der Waals surface area (Å²) in [6, 6.07) is 6.71. The SMILES string of the molecule is C=C(C)C(=O)N(CCC)S(=O)(=O)c1ccc(C(C)(C)C)cc1. The molecule has 122 valence electrons. The van der Waals surface area contributed by atoms with Crippen LogP contribution in [0.5, 0.6) is 0 Å². The molecule has 0 atom stereocenters. The molecule has 22 heavy (non-hydrogen) atoms. The molecule has 1 aromatic carbocycles. The fraction of sp³-hybridized carbons (Fsp3) is 0.471. The smallest absolute Gasteiger partial charge is 0.266 e. The Morgan fingerprint density at radius 2 is 1.68 bits per heavy atom. The maximum absolute atomic E-state index is 12.7. The maximum atomic E-state index is 12.7. The first-order chi connectivity index (χ1) is 10.0. The van der Waals surface area contributed by atoms with Gasteiger partial charge in [-0.15, -0.1) is 0 Å². The number of hydrogen-bond donors (Lipinski definition) is 0. The minimum absolute atomic E-state index is 0.0566. The van der Waals surface area contributed by atoms with Gasteiger partial charge < -0.3 is 0 Å². The van der Waals surface area contributed by atoms with Crippen molar-refractivity contribution in [2.75, 3.05) is 6.54 Å². The Balaban J connectivity index is 3.26. The monoisotopic (exact) mass is 323 g/mol. The predicted molar refractivity (Wildman–Crippen MR) is 89.1 cm³/mol. The van der Waals surface area contributed by atoms with E-state index in [0.29, 0.717) is 6.42 Å². The minimum Gasteiger partial charge on any atom is -0.268 e. The molecule has 0 saturated carbocycles. The lowest BCUT2D eigenvalue weighted by atomic mass is 9.87. The van der Waals surface area contributed by atoms with Crippen molar-refractivity contribution in [2.45, 2.75) is 51.3 Å². The molecule has 0 heterocycles. The van der Waals surface area contributed by atoms with E-state index in [4.69, 9.17) is 0 Å². The van der Waals surface area contributed by atoms with Crippen molar-refractivity contribution in [3.8, 4) is 0 Å².